The number of hydrogen-bond acceptors (Lipinski definition) is 4. The summed E-state index contributed by atoms with van der Waals surface area (Å²) in [4.78, 5) is 26.9. The van der Waals surface area contributed by atoms with Crippen LogP contribution in [-0.2, 0) is 14.3 Å². The van der Waals surface area contributed by atoms with Crippen LogP contribution in [0.25, 0.3) is 0 Å². The largest absolute Gasteiger partial charge is 0.380 e. The lowest BCUT2D eigenvalue weighted by molar-refractivity contribution is -0.134. The molecule has 0 spiro atoms. The third kappa shape index (κ3) is 5.54. The number of amides is 2. The van der Waals surface area contributed by atoms with Crippen LogP contribution in [0, 0.1) is 0 Å². The number of methoxy groups -OCH3 is 1. The Hall–Kier alpha value is -1.92. The average Bonchev–Trinajstić information content (AvgIpc) is 2.68. The van der Waals surface area contributed by atoms with Crippen molar-refractivity contribution in [2.24, 2.45) is 5.73 Å². The van der Waals surface area contributed by atoms with E-state index in [4.69, 9.17) is 10.5 Å². The van der Waals surface area contributed by atoms with E-state index in [0.717, 1.165) is 24.8 Å². The minimum absolute atomic E-state index is 0.0391. The standard InChI is InChI=1S/C20H31N3O3/c1-3-18(15-7-5-4-6-8-15)20(25)23-11-9-16(10-12-23)22-19(24)13-17(14-21)26-2/h4-8,16-18H,3,9-14,21H2,1-2H3,(H,22,24). The topological polar surface area (TPSA) is 84.7 Å². The molecule has 6 nitrogen and oxygen atoms in total. The van der Waals surface area contributed by atoms with Gasteiger partial charge in [-0.3, -0.25) is 9.59 Å². The van der Waals surface area contributed by atoms with Gasteiger partial charge in [0.1, 0.15) is 0 Å². The summed E-state index contributed by atoms with van der Waals surface area (Å²) in [6.07, 6.45) is 2.38. The number of nitrogens with two attached hydrogens (primary N) is 1. The molecule has 0 radical (unpaired) electrons. The van der Waals surface area contributed by atoms with Crippen LogP contribution in [0.15, 0.2) is 30.3 Å². The van der Waals surface area contributed by atoms with Gasteiger partial charge in [0.2, 0.25) is 11.8 Å². The molecule has 26 heavy (non-hydrogen) atoms. The Kier molecular flexibility index (Phi) is 8.06. The number of rotatable bonds is 8. The molecule has 0 bridgehead atoms. The van der Waals surface area contributed by atoms with Crippen LogP contribution in [0.2, 0.25) is 0 Å². The molecule has 1 aliphatic rings. The van der Waals surface area contributed by atoms with Crippen molar-refractivity contribution in [3.05, 3.63) is 35.9 Å². The number of hydrogen-bond donors (Lipinski definition) is 2. The van der Waals surface area contributed by atoms with Gasteiger partial charge in [-0.15, -0.1) is 0 Å². The van der Waals surface area contributed by atoms with Crippen molar-refractivity contribution >= 4 is 11.8 Å². The zero-order valence-electron chi connectivity index (χ0n) is 15.8. The van der Waals surface area contributed by atoms with Crippen molar-refractivity contribution in [2.75, 3.05) is 26.7 Å². The van der Waals surface area contributed by atoms with E-state index in [1.54, 1.807) is 7.11 Å². The molecule has 0 aliphatic carbocycles. The van der Waals surface area contributed by atoms with Gasteiger partial charge >= 0.3 is 0 Å². The van der Waals surface area contributed by atoms with E-state index in [1.165, 1.54) is 0 Å². The summed E-state index contributed by atoms with van der Waals surface area (Å²) in [6, 6.07) is 10.1. The van der Waals surface area contributed by atoms with Crippen molar-refractivity contribution in [3.8, 4) is 0 Å². The maximum absolute atomic E-state index is 12.9. The lowest BCUT2D eigenvalue weighted by Gasteiger charge is -2.34. The van der Waals surface area contributed by atoms with Gasteiger partial charge < -0.3 is 20.7 Å². The molecule has 144 valence electrons. The molecular formula is C20H31N3O3. The molecule has 2 rings (SSSR count). The predicted molar refractivity (Wildman–Crippen MR) is 102 cm³/mol. The molecule has 1 aliphatic heterocycles. The van der Waals surface area contributed by atoms with Gasteiger partial charge in [0.05, 0.1) is 18.4 Å². The molecule has 0 saturated carbocycles. The van der Waals surface area contributed by atoms with Crippen LogP contribution in [0.4, 0.5) is 0 Å². The number of carbonyl (C=O) groups excluding carboxylic acids is 2. The Morgan fingerprint density at radius 2 is 1.92 bits per heavy atom. The number of benzene rings is 1. The highest BCUT2D eigenvalue weighted by Crippen LogP contribution is 2.24. The smallest absolute Gasteiger partial charge is 0.230 e. The minimum Gasteiger partial charge on any atom is -0.380 e. The van der Waals surface area contributed by atoms with Crippen molar-refractivity contribution in [3.63, 3.8) is 0 Å². The van der Waals surface area contributed by atoms with Gasteiger partial charge in [0.25, 0.3) is 0 Å². The summed E-state index contributed by atoms with van der Waals surface area (Å²) >= 11 is 0. The third-order valence-electron chi connectivity index (χ3n) is 5.09. The van der Waals surface area contributed by atoms with E-state index >= 15 is 0 Å². The van der Waals surface area contributed by atoms with Crippen LogP contribution in [0.1, 0.15) is 44.1 Å². The molecule has 2 unspecified atom stereocenters. The van der Waals surface area contributed by atoms with Gasteiger partial charge in [0.15, 0.2) is 0 Å². The lowest BCUT2D eigenvalue weighted by Crippen LogP contribution is -2.48. The number of piperidine rings is 1. The molecule has 1 aromatic carbocycles. The number of nitrogens with zero attached hydrogens (tertiary/aromatic N) is 1. The molecule has 2 amide bonds. The minimum atomic E-state index is -0.243. The second kappa shape index (κ2) is 10.3. The van der Waals surface area contributed by atoms with E-state index in [2.05, 4.69) is 5.32 Å². The Balaban J connectivity index is 1.83. The van der Waals surface area contributed by atoms with Crippen LogP contribution in [-0.4, -0.2) is 55.6 Å². The highest BCUT2D eigenvalue weighted by atomic mass is 16.5. The van der Waals surface area contributed by atoms with E-state index in [-0.39, 0.29) is 36.3 Å². The predicted octanol–water partition coefficient (Wildman–Crippen LogP) is 1.65. The molecule has 3 N–H and O–H groups in total. The summed E-state index contributed by atoms with van der Waals surface area (Å²) in [7, 11) is 1.56. The van der Waals surface area contributed by atoms with Gasteiger partial charge in [-0.05, 0) is 24.8 Å². The Morgan fingerprint density at radius 1 is 1.27 bits per heavy atom. The van der Waals surface area contributed by atoms with E-state index in [9.17, 15) is 9.59 Å². The highest BCUT2D eigenvalue weighted by molar-refractivity contribution is 5.84. The van der Waals surface area contributed by atoms with E-state index in [0.29, 0.717) is 19.6 Å². The average molecular weight is 361 g/mol. The fourth-order valence-electron chi connectivity index (χ4n) is 3.46. The SMILES string of the molecule is CCC(C(=O)N1CCC(NC(=O)CC(CN)OC)CC1)c1ccccc1. The Labute approximate surface area is 156 Å². The maximum atomic E-state index is 12.9. The summed E-state index contributed by atoms with van der Waals surface area (Å²) < 4.78 is 5.15. The first-order valence-corrected chi connectivity index (χ1v) is 9.45. The number of carbonyl (C=O) groups is 2. The van der Waals surface area contributed by atoms with Gasteiger partial charge in [0, 0.05) is 32.8 Å². The lowest BCUT2D eigenvalue weighted by atomic mass is 9.93. The molecule has 1 fully saturated rings. The summed E-state index contributed by atoms with van der Waals surface area (Å²) in [5.41, 5.74) is 6.63. The summed E-state index contributed by atoms with van der Waals surface area (Å²) in [5, 5.41) is 3.04. The van der Waals surface area contributed by atoms with Crippen LogP contribution in [0.3, 0.4) is 0 Å². The summed E-state index contributed by atoms with van der Waals surface area (Å²) in [6.45, 7) is 3.73. The van der Waals surface area contributed by atoms with Crippen molar-refractivity contribution < 1.29 is 14.3 Å². The van der Waals surface area contributed by atoms with Crippen LogP contribution >= 0.6 is 0 Å². The van der Waals surface area contributed by atoms with Crippen molar-refractivity contribution in [1.82, 2.24) is 10.2 Å². The fourth-order valence-corrected chi connectivity index (χ4v) is 3.46. The fraction of sp³-hybridized carbons (Fsp3) is 0.600. The van der Waals surface area contributed by atoms with Crippen molar-refractivity contribution in [2.45, 2.75) is 50.7 Å². The zero-order chi connectivity index (χ0) is 18.9. The normalized spacial score (nSPS) is 17.6. The van der Waals surface area contributed by atoms with E-state index in [1.807, 2.05) is 42.2 Å². The molecule has 1 aromatic rings. The second-order valence-electron chi connectivity index (χ2n) is 6.84. The number of nitrogens with one attached hydrogen (secondary N) is 1. The molecule has 2 atom stereocenters. The molecule has 6 heteroatoms. The second-order valence-corrected chi connectivity index (χ2v) is 6.84. The molecule has 1 saturated heterocycles. The first kappa shape index (κ1) is 20.4. The monoisotopic (exact) mass is 361 g/mol. The van der Waals surface area contributed by atoms with Crippen molar-refractivity contribution in [1.29, 1.82) is 0 Å². The Bertz CT molecular complexity index is 567. The van der Waals surface area contributed by atoms with Gasteiger partial charge in [-0.1, -0.05) is 37.3 Å². The zero-order valence-corrected chi connectivity index (χ0v) is 15.8. The van der Waals surface area contributed by atoms with Crippen LogP contribution < -0.4 is 11.1 Å². The maximum Gasteiger partial charge on any atom is 0.230 e. The molecular weight excluding hydrogens is 330 g/mol. The third-order valence-corrected chi connectivity index (χ3v) is 5.09. The quantitative estimate of drug-likeness (QED) is 0.737. The number of likely N-dealkylation sites (tertiary alicyclic amines) is 1. The van der Waals surface area contributed by atoms with Gasteiger partial charge in [-0.25, -0.2) is 0 Å². The van der Waals surface area contributed by atoms with E-state index < -0.39 is 0 Å². The Morgan fingerprint density at radius 3 is 2.46 bits per heavy atom. The first-order chi connectivity index (χ1) is 12.6. The highest BCUT2D eigenvalue weighted by Gasteiger charge is 2.29. The molecule has 1 heterocycles. The van der Waals surface area contributed by atoms with Gasteiger partial charge in [-0.2, -0.15) is 0 Å². The van der Waals surface area contributed by atoms with Crippen LogP contribution in [0.5, 0.6) is 0 Å². The molecule has 0 aromatic heterocycles. The number of ether oxygens (including phenoxy) is 1. The first-order valence-electron chi connectivity index (χ1n) is 9.45. The summed E-state index contributed by atoms with van der Waals surface area (Å²) in [5.74, 6) is 0.0585.